The smallest absolute Gasteiger partial charge is 0.137 e. The molecule has 2 atom stereocenters. The molecular weight excluding hydrogens is 625 g/mol. The Kier molecular flexibility index (Phi) is 10.2. The maximum absolute atomic E-state index is 6.84. The van der Waals surface area contributed by atoms with E-state index in [4.69, 9.17) is 14.8 Å². The summed E-state index contributed by atoms with van der Waals surface area (Å²) in [6.45, 7) is 16.0. The number of aryl methyl sites for hydroxylation is 2. The van der Waals surface area contributed by atoms with Gasteiger partial charge in [-0.3, -0.25) is 4.57 Å². The topological polar surface area (TPSA) is 44.9 Å². The van der Waals surface area contributed by atoms with Crippen LogP contribution in [0.15, 0.2) is 90.6 Å². The second kappa shape index (κ2) is 14.9. The van der Waals surface area contributed by atoms with Gasteiger partial charge in [0.2, 0.25) is 0 Å². The van der Waals surface area contributed by atoms with Crippen LogP contribution in [0.1, 0.15) is 120 Å². The molecule has 0 radical (unpaired) electrons. The van der Waals surface area contributed by atoms with Crippen LogP contribution in [0.3, 0.4) is 0 Å². The molecule has 1 aliphatic carbocycles. The summed E-state index contributed by atoms with van der Waals surface area (Å²) >= 11 is 0. The first-order chi connectivity index (χ1) is 24.8. The second-order valence-corrected chi connectivity index (χ2v) is 15.1. The van der Waals surface area contributed by atoms with Crippen molar-refractivity contribution in [2.45, 2.75) is 112 Å². The number of ether oxygens (including phenoxy) is 1. The van der Waals surface area contributed by atoms with Crippen LogP contribution >= 0.6 is 0 Å². The van der Waals surface area contributed by atoms with Crippen LogP contribution in [0.4, 0.5) is 0 Å². The van der Waals surface area contributed by atoms with E-state index in [0.717, 1.165) is 72.6 Å². The third-order valence-corrected chi connectivity index (χ3v) is 10.9. The van der Waals surface area contributed by atoms with Crippen LogP contribution in [0.2, 0.25) is 0 Å². The zero-order valence-corrected chi connectivity index (χ0v) is 31.7. The highest BCUT2D eigenvalue weighted by Crippen LogP contribution is 2.43. The Morgan fingerprint density at radius 3 is 2.39 bits per heavy atom. The standard InChI is InChI=1S/C46H54N4O/c1-8-10-18-40-46(45-32(6)15-14-16-33(45)7)42(19-11-9-2)50(48-40)35-26-34(30(3)4)27-37(28-35)51-36-21-22-39-38-17-12-13-20-41(38)49(43(39)29-36)44-25-31(5)23-24-47-44/h12-13,15,17,20-30,33,45H,8-11,14,16,18-19H2,1-7H3/t33-,45?/m0/s1. The first-order valence-corrected chi connectivity index (χ1v) is 19.3. The van der Waals surface area contributed by atoms with E-state index in [9.17, 15) is 0 Å². The van der Waals surface area contributed by atoms with Gasteiger partial charge in [0.05, 0.1) is 22.4 Å². The van der Waals surface area contributed by atoms with Crippen LogP contribution < -0.4 is 4.74 Å². The predicted octanol–water partition coefficient (Wildman–Crippen LogP) is 12.7. The van der Waals surface area contributed by atoms with Crippen molar-refractivity contribution in [2.75, 3.05) is 0 Å². The molecule has 3 aromatic carbocycles. The predicted molar refractivity (Wildman–Crippen MR) is 213 cm³/mol. The number of unbranched alkanes of at least 4 members (excludes halogenated alkanes) is 2. The molecule has 0 spiro atoms. The molecule has 0 amide bonds. The third-order valence-electron chi connectivity index (χ3n) is 10.9. The number of rotatable bonds is 12. The zero-order valence-electron chi connectivity index (χ0n) is 31.7. The molecule has 264 valence electrons. The molecule has 0 saturated carbocycles. The van der Waals surface area contributed by atoms with Gasteiger partial charge in [-0.15, -0.1) is 0 Å². The molecule has 5 heteroatoms. The van der Waals surface area contributed by atoms with Gasteiger partial charge in [0.1, 0.15) is 17.3 Å². The monoisotopic (exact) mass is 678 g/mol. The van der Waals surface area contributed by atoms with Crippen molar-refractivity contribution in [3.8, 4) is 23.0 Å². The molecule has 3 heterocycles. The maximum Gasteiger partial charge on any atom is 0.137 e. The molecule has 1 aliphatic rings. The van der Waals surface area contributed by atoms with Crippen molar-refractivity contribution in [3.05, 3.63) is 119 Å². The average Bonchev–Trinajstić information content (AvgIpc) is 3.64. The van der Waals surface area contributed by atoms with E-state index >= 15 is 0 Å². The third kappa shape index (κ3) is 6.88. The Morgan fingerprint density at radius 2 is 1.63 bits per heavy atom. The van der Waals surface area contributed by atoms with Crippen LogP contribution in [-0.2, 0) is 12.8 Å². The highest BCUT2D eigenvalue weighted by Gasteiger charge is 2.32. The lowest BCUT2D eigenvalue weighted by Gasteiger charge is -2.30. The highest BCUT2D eigenvalue weighted by molar-refractivity contribution is 6.09. The van der Waals surface area contributed by atoms with Crippen molar-refractivity contribution >= 4 is 21.8 Å². The maximum atomic E-state index is 6.84. The minimum Gasteiger partial charge on any atom is -0.457 e. The molecule has 3 aromatic heterocycles. The fourth-order valence-electron chi connectivity index (χ4n) is 8.19. The lowest BCUT2D eigenvalue weighted by atomic mass is 9.74. The van der Waals surface area contributed by atoms with E-state index in [0.29, 0.717) is 17.8 Å². The lowest BCUT2D eigenvalue weighted by Crippen LogP contribution is -2.18. The van der Waals surface area contributed by atoms with Gasteiger partial charge in [0.15, 0.2) is 0 Å². The normalized spacial score (nSPS) is 16.4. The van der Waals surface area contributed by atoms with Gasteiger partial charge in [-0.25, -0.2) is 9.67 Å². The zero-order chi connectivity index (χ0) is 35.6. The van der Waals surface area contributed by atoms with Crippen LogP contribution in [-0.4, -0.2) is 19.3 Å². The van der Waals surface area contributed by atoms with E-state index in [1.54, 1.807) is 0 Å². The minimum absolute atomic E-state index is 0.335. The first kappa shape index (κ1) is 34.8. The summed E-state index contributed by atoms with van der Waals surface area (Å²) in [5, 5.41) is 7.89. The summed E-state index contributed by atoms with van der Waals surface area (Å²) in [4.78, 5) is 4.78. The Bertz CT molecular complexity index is 2200. The van der Waals surface area contributed by atoms with Gasteiger partial charge in [-0.05, 0) is 118 Å². The first-order valence-electron chi connectivity index (χ1n) is 19.3. The number of allylic oxidation sites excluding steroid dienone is 2. The van der Waals surface area contributed by atoms with Crippen molar-refractivity contribution < 1.29 is 4.74 Å². The van der Waals surface area contributed by atoms with E-state index in [1.807, 2.05) is 12.3 Å². The summed E-state index contributed by atoms with van der Waals surface area (Å²) in [7, 11) is 0. The van der Waals surface area contributed by atoms with Crippen LogP contribution in [0, 0.1) is 12.8 Å². The van der Waals surface area contributed by atoms with Crippen LogP contribution in [0.25, 0.3) is 33.3 Å². The number of nitrogens with zero attached hydrogens (tertiary/aromatic N) is 4. The van der Waals surface area contributed by atoms with Gasteiger partial charge in [0.25, 0.3) is 0 Å². The molecule has 0 bridgehead atoms. The van der Waals surface area contributed by atoms with Gasteiger partial charge in [0, 0.05) is 46.3 Å². The number of para-hydroxylation sites is 1. The molecule has 51 heavy (non-hydrogen) atoms. The molecule has 0 N–H and O–H groups in total. The molecule has 0 aliphatic heterocycles. The van der Waals surface area contributed by atoms with Gasteiger partial charge >= 0.3 is 0 Å². The van der Waals surface area contributed by atoms with Crippen LogP contribution in [0.5, 0.6) is 11.5 Å². The van der Waals surface area contributed by atoms with Gasteiger partial charge < -0.3 is 4.74 Å². The van der Waals surface area contributed by atoms with E-state index in [1.165, 1.54) is 57.3 Å². The highest BCUT2D eigenvalue weighted by atomic mass is 16.5. The molecule has 1 unspecified atom stereocenters. The SMILES string of the molecule is CCCCc1nn(-c2cc(Oc3ccc4c5ccccc5n(-c5cc(C)ccn5)c4c3)cc(C(C)C)c2)c(CCCC)c1C1C(C)=CCC[C@@H]1C. The largest absolute Gasteiger partial charge is 0.457 e. The number of hydrogen-bond donors (Lipinski definition) is 0. The number of pyridine rings is 1. The Labute approximate surface area is 304 Å². The number of benzene rings is 3. The minimum atomic E-state index is 0.335. The summed E-state index contributed by atoms with van der Waals surface area (Å²) < 4.78 is 11.4. The van der Waals surface area contributed by atoms with E-state index in [-0.39, 0.29) is 0 Å². The van der Waals surface area contributed by atoms with Crippen molar-refractivity contribution in [3.63, 3.8) is 0 Å². The summed E-state index contributed by atoms with van der Waals surface area (Å²) in [6.07, 6.45) is 13.4. The molecule has 0 saturated heterocycles. The van der Waals surface area contributed by atoms with Gasteiger partial charge in [-0.2, -0.15) is 5.10 Å². The van der Waals surface area contributed by atoms with Crippen molar-refractivity contribution in [1.82, 2.24) is 19.3 Å². The van der Waals surface area contributed by atoms with E-state index < -0.39 is 0 Å². The molecule has 6 aromatic rings. The summed E-state index contributed by atoms with van der Waals surface area (Å²) in [5.41, 5.74) is 11.4. The lowest BCUT2D eigenvalue weighted by molar-refractivity contribution is 0.445. The average molecular weight is 679 g/mol. The van der Waals surface area contributed by atoms with Gasteiger partial charge in [-0.1, -0.05) is 77.3 Å². The molecular formula is C46H54N4O. The Morgan fingerprint density at radius 1 is 0.843 bits per heavy atom. The Balaban J connectivity index is 1.36. The van der Waals surface area contributed by atoms with Crippen molar-refractivity contribution in [1.29, 1.82) is 0 Å². The molecule has 5 nitrogen and oxygen atoms in total. The quantitative estimate of drug-likeness (QED) is 0.121. The fourth-order valence-corrected chi connectivity index (χ4v) is 8.19. The molecule has 7 rings (SSSR count). The summed E-state index contributed by atoms with van der Waals surface area (Å²) in [6, 6.07) is 26.0. The van der Waals surface area contributed by atoms with E-state index in [2.05, 4.69) is 131 Å². The fraction of sp³-hybridized carbons (Fsp3) is 0.391. The summed E-state index contributed by atoms with van der Waals surface area (Å²) in [5.74, 6) is 3.92. The Hall–Kier alpha value is -4.64. The second-order valence-electron chi connectivity index (χ2n) is 15.1. The number of hydrogen-bond acceptors (Lipinski definition) is 3. The van der Waals surface area contributed by atoms with Crippen molar-refractivity contribution in [2.24, 2.45) is 5.92 Å². The number of aromatic nitrogens is 4. The number of fused-ring (bicyclic) bond motifs is 3. The molecule has 0 fully saturated rings.